The normalized spacial score (nSPS) is 14.4. The van der Waals surface area contributed by atoms with E-state index in [1.807, 2.05) is 6.08 Å². The molecule has 16 heavy (non-hydrogen) atoms. The van der Waals surface area contributed by atoms with E-state index in [-0.39, 0.29) is 0 Å². The number of hydrogen-bond acceptors (Lipinski definition) is 1. The van der Waals surface area contributed by atoms with Crippen LogP contribution in [-0.2, 0) is 0 Å². The third kappa shape index (κ3) is 4.19. The molecule has 0 aliphatic carbocycles. The van der Waals surface area contributed by atoms with Crippen LogP contribution < -0.4 is 5.32 Å². The minimum absolute atomic E-state index is 0.427. The lowest BCUT2D eigenvalue weighted by Gasteiger charge is -2.22. The van der Waals surface area contributed by atoms with Crippen molar-refractivity contribution in [1.29, 1.82) is 0 Å². The fourth-order valence-electron chi connectivity index (χ4n) is 1.92. The van der Waals surface area contributed by atoms with Crippen molar-refractivity contribution in [2.45, 2.75) is 45.2 Å². The summed E-state index contributed by atoms with van der Waals surface area (Å²) in [5.41, 5.74) is 1.36. The largest absolute Gasteiger partial charge is 0.307 e. The van der Waals surface area contributed by atoms with Crippen LogP contribution in [0, 0.1) is 0 Å². The van der Waals surface area contributed by atoms with Crippen molar-refractivity contribution in [1.82, 2.24) is 5.32 Å². The molecule has 2 atom stereocenters. The number of benzene rings is 1. The number of nitrogens with one attached hydrogen (secondary N) is 1. The van der Waals surface area contributed by atoms with Crippen LogP contribution in [0.3, 0.4) is 0 Å². The molecular formula is C15H23N. The fraction of sp³-hybridized carbons (Fsp3) is 0.467. The lowest BCUT2D eigenvalue weighted by atomic mass is 10.0. The molecule has 1 nitrogen and oxygen atoms in total. The zero-order chi connectivity index (χ0) is 11.8. The molecule has 0 spiro atoms. The lowest BCUT2D eigenvalue weighted by molar-refractivity contribution is 0.422. The molecule has 1 unspecified atom stereocenters. The molecule has 0 bridgehead atoms. The Labute approximate surface area is 99.6 Å². The molecule has 0 aliphatic heterocycles. The molecule has 1 heteroatoms. The Kier molecular flexibility index (Phi) is 5.87. The van der Waals surface area contributed by atoms with Gasteiger partial charge in [-0.2, -0.15) is 0 Å². The summed E-state index contributed by atoms with van der Waals surface area (Å²) >= 11 is 0. The highest BCUT2D eigenvalue weighted by atomic mass is 14.9. The summed E-state index contributed by atoms with van der Waals surface area (Å²) in [4.78, 5) is 0. The number of allylic oxidation sites excluding steroid dienone is 1. The van der Waals surface area contributed by atoms with E-state index in [0.29, 0.717) is 12.1 Å². The van der Waals surface area contributed by atoms with Crippen LogP contribution in [-0.4, -0.2) is 6.04 Å². The second kappa shape index (κ2) is 7.24. The van der Waals surface area contributed by atoms with Gasteiger partial charge in [0.25, 0.3) is 0 Å². The maximum Gasteiger partial charge on any atom is 0.0294 e. The molecule has 88 valence electrons. The van der Waals surface area contributed by atoms with Crippen LogP contribution in [0.1, 0.15) is 44.7 Å². The minimum atomic E-state index is 0.427. The summed E-state index contributed by atoms with van der Waals surface area (Å²) in [5.74, 6) is 0. The van der Waals surface area contributed by atoms with Crippen LogP contribution in [0.5, 0.6) is 0 Å². The predicted octanol–water partition coefficient (Wildman–Crippen LogP) is 4.08. The van der Waals surface area contributed by atoms with Gasteiger partial charge < -0.3 is 5.32 Å². The first-order valence-corrected chi connectivity index (χ1v) is 6.19. The Hall–Kier alpha value is -1.08. The van der Waals surface area contributed by atoms with Crippen LogP contribution in [0.4, 0.5) is 0 Å². The highest BCUT2D eigenvalue weighted by Crippen LogP contribution is 2.14. The predicted molar refractivity (Wildman–Crippen MR) is 71.5 cm³/mol. The Bertz CT molecular complexity index is 292. The van der Waals surface area contributed by atoms with Gasteiger partial charge in [0.1, 0.15) is 0 Å². The summed E-state index contributed by atoms with van der Waals surface area (Å²) in [6.45, 7) is 8.24. The third-order valence-corrected chi connectivity index (χ3v) is 3.00. The maximum atomic E-state index is 3.78. The lowest BCUT2D eigenvalue weighted by Crippen LogP contribution is -2.30. The summed E-state index contributed by atoms with van der Waals surface area (Å²) in [7, 11) is 0. The average molecular weight is 217 g/mol. The monoisotopic (exact) mass is 217 g/mol. The molecule has 0 aliphatic rings. The summed E-state index contributed by atoms with van der Waals surface area (Å²) < 4.78 is 0. The van der Waals surface area contributed by atoms with Gasteiger partial charge >= 0.3 is 0 Å². The maximum absolute atomic E-state index is 3.78. The Balaban J connectivity index is 2.48. The first-order chi connectivity index (χ1) is 7.77. The van der Waals surface area contributed by atoms with E-state index in [1.54, 1.807) is 0 Å². The molecule has 1 rings (SSSR count). The van der Waals surface area contributed by atoms with Crippen molar-refractivity contribution < 1.29 is 0 Å². The Morgan fingerprint density at radius 1 is 1.31 bits per heavy atom. The van der Waals surface area contributed by atoms with Gasteiger partial charge in [-0.05, 0) is 31.7 Å². The second-order valence-electron chi connectivity index (χ2n) is 4.27. The van der Waals surface area contributed by atoms with Crippen LogP contribution in [0.25, 0.3) is 0 Å². The molecular weight excluding hydrogens is 194 g/mol. The second-order valence-corrected chi connectivity index (χ2v) is 4.27. The SMILES string of the molecule is C=CCCC(CC)N[C@H](C)c1ccccc1. The minimum Gasteiger partial charge on any atom is -0.307 e. The Morgan fingerprint density at radius 2 is 2.00 bits per heavy atom. The topological polar surface area (TPSA) is 12.0 Å². The van der Waals surface area contributed by atoms with Gasteiger partial charge in [0, 0.05) is 12.1 Å². The van der Waals surface area contributed by atoms with Gasteiger partial charge in [0.05, 0.1) is 0 Å². The van der Waals surface area contributed by atoms with E-state index in [4.69, 9.17) is 0 Å². The number of rotatable bonds is 7. The third-order valence-electron chi connectivity index (χ3n) is 3.00. The van der Waals surface area contributed by atoms with Crippen molar-refractivity contribution in [3.05, 3.63) is 48.6 Å². The van der Waals surface area contributed by atoms with Gasteiger partial charge in [-0.3, -0.25) is 0 Å². The molecule has 0 fully saturated rings. The molecule has 1 aromatic carbocycles. The zero-order valence-electron chi connectivity index (χ0n) is 10.4. The molecule has 0 saturated heterocycles. The quantitative estimate of drug-likeness (QED) is 0.678. The first kappa shape index (κ1) is 13.0. The van der Waals surface area contributed by atoms with Gasteiger partial charge in [0.2, 0.25) is 0 Å². The standard InChI is InChI=1S/C15H23N/c1-4-6-12-15(5-2)16-13(3)14-10-8-7-9-11-14/h4,7-11,13,15-16H,1,5-6,12H2,2-3H3/t13-,15?/m1/s1. The molecule has 0 heterocycles. The van der Waals surface area contributed by atoms with Crippen molar-refractivity contribution in [3.63, 3.8) is 0 Å². The molecule has 0 aromatic heterocycles. The van der Waals surface area contributed by atoms with Crippen LogP contribution in [0.15, 0.2) is 43.0 Å². The smallest absolute Gasteiger partial charge is 0.0294 e. The van der Waals surface area contributed by atoms with E-state index in [9.17, 15) is 0 Å². The van der Waals surface area contributed by atoms with E-state index >= 15 is 0 Å². The highest BCUT2D eigenvalue weighted by Gasteiger charge is 2.10. The van der Waals surface area contributed by atoms with Gasteiger partial charge in [-0.25, -0.2) is 0 Å². The van der Waals surface area contributed by atoms with Crippen molar-refractivity contribution in [2.24, 2.45) is 0 Å². The Morgan fingerprint density at radius 3 is 2.56 bits per heavy atom. The van der Waals surface area contributed by atoms with Crippen LogP contribution in [0.2, 0.25) is 0 Å². The van der Waals surface area contributed by atoms with E-state index in [0.717, 1.165) is 6.42 Å². The van der Waals surface area contributed by atoms with Gasteiger partial charge in [-0.1, -0.05) is 43.3 Å². The summed E-state index contributed by atoms with van der Waals surface area (Å²) in [6, 6.07) is 11.6. The number of hydrogen-bond donors (Lipinski definition) is 1. The van der Waals surface area contributed by atoms with Crippen molar-refractivity contribution >= 4 is 0 Å². The summed E-state index contributed by atoms with van der Waals surface area (Å²) in [6.07, 6.45) is 5.44. The molecule has 1 N–H and O–H groups in total. The van der Waals surface area contributed by atoms with Gasteiger partial charge in [-0.15, -0.1) is 6.58 Å². The average Bonchev–Trinajstić information content (AvgIpc) is 2.35. The van der Waals surface area contributed by atoms with E-state index in [2.05, 4.69) is 56.1 Å². The summed E-state index contributed by atoms with van der Waals surface area (Å²) in [5, 5.41) is 3.67. The van der Waals surface area contributed by atoms with Crippen LogP contribution >= 0.6 is 0 Å². The molecule has 0 amide bonds. The van der Waals surface area contributed by atoms with E-state index < -0.39 is 0 Å². The fourth-order valence-corrected chi connectivity index (χ4v) is 1.92. The highest BCUT2D eigenvalue weighted by molar-refractivity contribution is 5.18. The van der Waals surface area contributed by atoms with Gasteiger partial charge in [0.15, 0.2) is 0 Å². The van der Waals surface area contributed by atoms with Crippen molar-refractivity contribution in [3.8, 4) is 0 Å². The first-order valence-electron chi connectivity index (χ1n) is 6.19. The molecule has 0 saturated carbocycles. The van der Waals surface area contributed by atoms with E-state index in [1.165, 1.54) is 18.4 Å². The molecule has 1 aromatic rings. The zero-order valence-corrected chi connectivity index (χ0v) is 10.4. The molecule has 0 radical (unpaired) electrons. The van der Waals surface area contributed by atoms with Crippen molar-refractivity contribution in [2.75, 3.05) is 0 Å².